The van der Waals surface area contributed by atoms with Crippen molar-refractivity contribution >= 4 is 67.4 Å². The maximum atomic E-state index is 14.0. The van der Waals surface area contributed by atoms with Crippen LogP contribution in [0.5, 0.6) is 0 Å². The third kappa shape index (κ3) is 5.54. The van der Waals surface area contributed by atoms with Crippen LogP contribution in [-0.2, 0) is 4.84 Å². The summed E-state index contributed by atoms with van der Waals surface area (Å²) in [6.07, 6.45) is 1.95. The van der Waals surface area contributed by atoms with Crippen molar-refractivity contribution in [2.24, 2.45) is 0 Å². The Morgan fingerprint density at radius 1 is 1.33 bits per heavy atom. The normalized spacial score (nSPS) is 14.7. The molecule has 2 aromatic rings. The lowest BCUT2D eigenvalue weighted by atomic mass is 10.1. The van der Waals surface area contributed by atoms with Crippen LogP contribution in [0, 0.1) is 9.39 Å². The molecule has 0 aliphatic heterocycles. The number of benzene rings is 2. The number of amides is 1. The molecular formula is C18H16BrClFIN2O3. The van der Waals surface area contributed by atoms with Gasteiger partial charge in [-0.2, -0.15) is 0 Å². The summed E-state index contributed by atoms with van der Waals surface area (Å²) >= 11 is 11.4. The third-order valence-corrected chi connectivity index (χ3v) is 5.76. The predicted octanol–water partition coefficient (Wildman–Crippen LogP) is 5.17. The van der Waals surface area contributed by atoms with Gasteiger partial charge >= 0.3 is 0 Å². The zero-order valence-corrected chi connectivity index (χ0v) is 18.5. The topological polar surface area (TPSA) is 70.6 Å². The molecule has 0 radical (unpaired) electrons. The first-order valence-corrected chi connectivity index (χ1v) is 10.4. The van der Waals surface area contributed by atoms with E-state index >= 15 is 0 Å². The van der Waals surface area contributed by atoms with Crippen LogP contribution in [0.4, 0.5) is 15.8 Å². The van der Waals surface area contributed by atoms with Gasteiger partial charge in [0.2, 0.25) is 0 Å². The van der Waals surface area contributed by atoms with E-state index in [1.165, 1.54) is 12.1 Å². The summed E-state index contributed by atoms with van der Waals surface area (Å²) in [7, 11) is 0. The van der Waals surface area contributed by atoms with E-state index in [4.69, 9.17) is 16.4 Å². The average molecular weight is 570 g/mol. The fraction of sp³-hybridized carbons (Fsp3) is 0.278. The summed E-state index contributed by atoms with van der Waals surface area (Å²) in [5.41, 5.74) is 2.65. The minimum Gasteiger partial charge on any atom is -0.390 e. The van der Waals surface area contributed by atoms with Gasteiger partial charge in [0.1, 0.15) is 5.82 Å². The lowest BCUT2D eigenvalue weighted by molar-refractivity contribution is 0.0120. The SMILES string of the molecule is O=C(NOCCC1(O)CC1)c1cc(Br)c(F)cc1Nc1ccc(I)cc1Cl. The summed E-state index contributed by atoms with van der Waals surface area (Å²) in [5.74, 6) is -1.06. The van der Waals surface area contributed by atoms with Gasteiger partial charge in [0.05, 0.1) is 38.6 Å². The van der Waals surface area contributed by atoms with Gasteiger partial charge in [0.25, 0.3) is 5.91 Å². The summed E-state index contributed by atoms with van der Waals surface area (Å²) in [5, 5.41) is 13.2. The number of hydrogen-bond donors (Lipinski definition) is 3. The molecule has 3 N–H and O–H groups in total. The zero-order valence-electron chi connectivity index (χ0n) is 14.0. The van der Waals surface area contributed by atoms with E-state index in [1.54, 1.807) is 12.1 Å². The number of nitrogens with one attached hydrogen (secondary N) is 2. The number of halogens is 4. The minimum absolute atomic E-state index is 0.152. The van der Waals surface area contributed by atoms with Gasteiger partial charge in [-0.3, -0.25) is 9.63 Å². The Labute approximate surface area is 182 Å². The van der Waals surface area contributed by atoms with E-state index in [0.29, 0.717) is 17.1 Å². The highest BCUT2D eigenvalue weighted by atomic mass is 127. The summed E-state index contributed by atoms with van der Waals surface area (Å²) < 4.78 is 15.1. The molecule has 1 aliphatic rings. The number of hydroxylamine groups is 1. The second-order valence-electron chi connectivity index (χ2n) is 6.32. The summed E-state index contributed by atoms with van der Waals surface area (Å²) in [6.45, 7) is 0.191. The standard InChI is InChI=1S/C18H16BrClFIN2O3/c19-12-8-11(17(25)24-27-6-5-18(26)3-4-18)16(9-14(12)21)23-15-2-1-10(22)7-13(15)20/h1-2,7-9,23,26H,3-6H2,(H,24,25). The van der Waals surface area contributed by atoms with Crippen LogP contribution >= 0.6 is 50.1 Å². The van der Waals surface area contributed by atoms with Crippen LogP contribution in [0.1, 0.15) is 29.6 Å². The Balaban J connectivity index is 1.74. The number of anilines is 2. The number of aliphatic hydroxyl groups is 1. The number of hydrogen-bond acceptors (Lipinski definition) is 4. The maximum absolute atomic E-state index is 14.0. The molecule has 0 spiro atoms. The second-order valence-corrected chi connectivity index (χ2v) is 8.82. The van der Waals surface area contributed by atoms with Crippen LogP contribution in [0.25, 0.3) is 0 Å². The Bertz CT molecular complexity index is 880. The third-order valence-electron chi connectivity index (χ3n) is 4.17. The van der Waals surface area contributed by atoms with Gasteiger partial charge in [-0.1, -0.05) is 11.6 Å². The Hall–Kier alpha value is -0.940. The predicted molar refractivity (Wildman–Crippen MR) is 114 cm³/mol. The highest BCUT2D eigenvalue weighted by Gasteiger charge is 2.39. The van der Waals surface area contributed by atoms with E-state index in [1.807, 2.05) is 6.07 Å². The van der Waals surface area contributed by atoms with Gasteiger partial charge in [-0.15, -0.1) is 0 Å². The quantitative estimate of drug-likeness (QED) is 0.245. The van der Waals surface area contributed by atoms with Crippen LogP contribution in [0.2, 0.25) is 5.02 Å². The maximum Gasteiger partial charge on any atom is 0.276 e. The molecule has 9 heteroatoms. The molecule has 0 heterocycles. The summed E-state index contributed by atoms with van der Waals surface area (Å²) in [4.78, 5) is 17.6. The van der Waals surface area contributed by atoms with Crippen molar-refractivity contribution in [1.29, 1.82) is 0 Å². The van der Waals surface area contributed by atoms with Gasteiger partial charge in [-0.25, -0.2) is 9.87 Å². The molecule has 1 fully saturated rings. The molecule has 27 heavy (non-hydrogen) atoms. The average Bonchev–Trinajstić information content (AvgIpc) is 3.34. The molecule has 2 aromatic carbocycles. The van der Waals surface area contributed by atoms with Gasteiger partial charge in [0.15, 0.2) is 0 Å². The number of carbonyl (C=O) groups excluding carboxylic acids is 1. The van der Waals surface area contributed by atoms with Crippen molar-refractivity contribution in [3.63, 3.8) is 0 Å². The fourth-order valence-corrected chi connectivity index (χ4v) is 3.63. The van der Waals surface area contributed by atoms with Crippen LogP contribution in [-0.4, -0.2) is 23.2 Å². The molecule has 0 bridgehead atoms. The number of carbonyl (C=O) groups is 1. The van der Waals surface area contributed by atoms with Crippen molar-refractivity contribution in [3.8, 4) is 0 Å². The Kier molecular flexibility index (Phi) is 6.62. The number of rotatable bonds is 7. The Morgan fingerprint density at radius 3 is 2.74 bits per heavy atom. The molecule has 3 rings (SSSR count). The van der Waals surface area contributed by atoms with Crippen molar-refractivity contribution in [2.75, 3.05) is 11.9 Å². The monoisotopic (exact) mass is 568 g/mol. The first kappa shape index (κ1) is 20.8. The summed E-state index contributed by atoms with van der Waals surface area (Å²) in [6, 6.07) is 7.92. The molecule has 144 valence electrons. The molecule has 0 saturated heterocycles. The van der Waals surface area contributed by atoms with E-state index in [2.05, 4.69) is 49.3 Å². The largest absolute Gasteiger partial charge is 0.390 e. The van der Waals surface area contributed by atoms with E-state index in [9.17, 15) is 14.3 Å². The molecule has 5 nitrogen and oxygen atoms in total. The van der Waals surface area contributed by atoms with Crippen molar-refractivity contribution in [1.82, 2.24) is 5.48 Å². The minimum atomic E-state index is -0.655. The molecule has 1 aliphatic carbocycles. The second kappa shape index (κ2) is 8.60. The van der Waals surface area contributed by atoms with E-state index in [0.717, 1.165) is 16.4 Å². The molecular weight excluding hydrogens is 553 g/mol. The van der Waals surface area contributed by atoms with Crippen LogP contribution < -0.4 is 10.8 Å². The van der Waals surface area contributed by atoms with Crippen molar-refractivity contribution in [2.45, 2.75) is 24.9 Å². The highest BCUT2D eigenvalue weighted by molar-refractivity contribution is 14.1. The smallest absolute Gasteiger partial charge is 0.276 e. The zero-order chi connectivity index (χ0) is 19.6. The molecule has 0 unspecified atom stereocenters. The van der Waals surface area contributed by atoms with E-state index < -0.39 is 17.3 Å². The Morgan fingerprint density at radius 2 is 2.07 bits per heavy atom. The highest BCUT2D eigenvalue weighted by Crippen LogP contribution is 2.38. The molecule has 0 atom stereocenters. The van der Waals surface area contributed by atoms with Gasteiger partial charge < -0.3 is 10.4 Å². The van der Waals surface area contributed by atoms with E-state index in [-0.39, 0.29) is 22.3 Å². The first-order valence-electron chi connectivity index (χ1n) is 8.13. The molecule has 0 aromatic heterocycles. The van der Waals surface area contributed by atoms with Crippen LogP contribution in [0.3, 0.4) is 0 Å². The van der Waals surface area contributed by atoms with Crippen molar-refractivity contribution in [3.05, 3.63) is 54.8 Å². The van der Waals surface area contributed by atoms with Crippen LogP contribution in [0.15, 0.2) is 34.8 Å². The van der Waals surface area contributed by atoms with Gasteiger partial charge in [0, 0.05) is 9.99 Å². The molecule has 1 amide bonds. The van der Waals surface area contributed by atoms with Crippen molar-refractivity contribution < 1.29 is 19.1 Å². The molecule has 1 saturated carbocycles. The lowest BCUT2D eigenvalue weighted by Gasteiger charge is -2.15. The first-order chi connectivity index (χ1) is 12.8. The van der Waals surface area contributed by atoms with Gasteiger partial charge in [-0.05, 0) is 81.7 Å². The fourth-order valence-electron chi connectivity index (χ4n) is 2.38. The lowest BCUT2D eigenvalue weighted by Crippen LogP contribution is -2.26.